The van der Waals surface area contributed by atoms with Gasteiger partial charge >= 0.3 is 0 Å². The molecule has 0 rings (SSSR count). The third kappa shape index (κ3) is 13.8. The van der Waals surface area contributed by atoms with Gasteiger partial charge in [-0.2, -0.15) is 5.90 Å². The van der Waals surface area contributed by atoms with Crippen molar-refractivity contribution in [1.82, 2.24) is 0 Å². The minimum Gasteiger partial charge on any atom is -0.330 e. The third-order valence-electron chi connectivity index (χ3n) is 2.27. The van der Waals surface area contributed by atoms with Gasteiger partial charge < -0.3 is 5.73 Å². The van der Waals surface area contributed by atoms with Crippen LogP contribution in [0.5, 0.6) is 0 Å². The standard InChI is InChI=1S/C10H24N2O3/c11-9-7-5-3-1-2-4-6-8-10-13-15-14-12/h1-12H2. The molecule has 0 saturated carbocycles. The van der Waals surface area contributed by atoms with E-state index in [0.717, 1.165) is 25.8 Å². The van der Waals surface area contributed by atoms with Crippen LogP contribution in [0.25, 0.3) is 0 Å². The van der Waals surface area contributed by atoms with Crippen molar-refractivity contribution in [3.8, 4) is 0 Å². The Morgan fingerprint density at radius 1 is 0.733 bits per heavy atom. The van der Waals surface area contributed by atoms with Crippen molar-refractivity contribution >= 4 is 0 Å². The molecule has 4 N–H and O–H groups in total. The number of rotatable bonds is 12. The van der Waals surface area contributed by atoms with Crippen LogP contribution in [0.4, 0.5) is 0 Å². The molecule has 0 saturated heterocycles. The number of hydrogen-bond acceptors (Lipinski definition) is 5. The van der Waals surface area contributed by atoms with Crippen LogP contribution in [0.15, 0.2) is 0 Å². The first-order chi connectivity index (χ1) is 7.41. The van der Waals surface area contributed by atoms with E-state index in [0.29, 0.717) is 6.61 Å². The Bertz CT molecular complexity index is 103. The van der Waals surface area contributed by atoms with Crippen LogP contribution in [-0.2, 0) is 14.9 Å². The van der Waals surface area contributed by atoms with Gasteiger partial charge in [-0.3, -0.25) is 0 Å². The van der Waals surface area contributed by atoms with E-state index in [1.807, 2.05) is 0 Å². The zero-order valence-electron chi connectivity index (χ0n) is 9.45. The molecule has 0 aliphatic carbocycles. The summed E-state index contributed by atoms with van der Waals surface area (Å²) in [4.78, 5) is 8.37. The predicted molar refractivity (Wildman–Crippen MR) is 58.3 cm³/mol. The molecule has 0 bridgehead atoms. The summed E-state index contributed by atoms with van der Waals surface area (Å²) in [5.41, 5.74) is 5.40. The van der Waals surface area contributed by atoms with Crippen molar-refractivity contribution in [3.05, 3.63) is 0 Å². The second-order valence-corrected chi connectivity index (χ2v) is 3.60. The molecule has 5 nitrogen and oxygen atoms in total. The first-order valence-electron chi connectivity index (χ1n) is 5.77. The van der Waals surface area contributed by atoms with Gasteiger partial charge in [-0.05, 0) is 24.4 Å². The lowest BCUT2D eigenvalue weighted by Crippen LogP contribution is -2.02. The van der Waals surface area contributed by atoms with E-state index in [1.165, 1.54) is 32.1 Å². The van der Waals surface area contributed by atoms with Crippen molar-refractivity contribution in [1.29, 1.82) is 0 Å². The Balaban J connectivity index is 2.81. The number of unbranched alkanes of at least 4 members (excludes halogenated alkanes) is 7. The molecule has 15 heavy (non-hydrogen) atoms. The highest BCUT2D eigenvalue weighted by Gasteiger charge is 1.92. The molecule has 0 aliphatic heterocycles. The minimum absolute atomic E-state index is 0.532. The molecule has 5 heteroatoms. The largest absolute Gasteiger partial charge is 0.330 e. The molecule has 0 fully saturated rings. The lowest BCUT2D eigenvalue weighted by molar-refractivity contribution is -0.516. The lowest BCUT2D eigenvalue weighted by atomic mass is 10.1. The quantitative estimate of drug-likeness (QED) is 0.298. The summed E-state index contributed by atoms with van der Waals surface area (Å²) < 4.78 is 0. The fraction of sp³-hybridized carbons (Fsp3) is 1.00. The third-order valence-corrected chi connectivity index (χ3v) is 2.27. The highest BCUT2D eigenvalue weighted by Crippen LogP contribution is 2.08. The van der Waals surface area contributed by atoms with E-state index in [1.54, 1.807) is 0 Å². The van der Waals surface area contributed by atoms with Gasteiger partial charge in [0.2, 0.25) is 0 Å². The summed E-state index contributed by atoms with van der Waals surface area (Å²) in [6.07, 6.45) is 9.71. The summed E-state index contributed by atoms with van der Waals surface area (Å²) >= 11 is 0. The summed E-state index contributed by atoms with van der Waals surface area (Å²) in [5, 5.41) is 4.07. The molecule has 0 amide bonds. The van der Waals surface area contributed by atoms with Gasteiger partial charge in [-0.25, -0.2) is 4.89 Å². The van der Waals surface area contributed by atoms with E-state index < -0.39 is 0 Å². The minimum atomic E-state index is 0.532. The second kappa shape index (κ2) is 13.8. The molecule has 0 aliphatic rings. The summed E-state index contributed by atoms with van der Waals surface area (Å²) in [7, 11) is 0. The average Bonchev–Trinajstić information content (AvgIpc) is 2.26. The van der Waals surface area contributed by atoms with E-state index >= 15 is 0 Å². The van der Waals surface area contributed by atoms with Crippen LogP contribution in [0, 0.1) is 0 Å². The highest BCUT2D eigenvalue weighted by molar-refractivity contribution is 4.46. The van der Waals surface area contributed by atoms with Crippen molar-refractivity contribution in [2.24, 2.45) is 11.6 Å². The van der Waals surface area contributed by atoms with Crippen molar-refractivity contribution < 1.29 is 14.9 Å². The Hall–Kier alpha value is -0.200. The van der Waals surface area contributed by atoms with E-state index in [2.05, 4.69) is 20.8 Å². The molecule has 92 valence electrons. The molecule has 0 atom stereocenters. The SMILES string of the molecule is NCCCCCCCCCCOOON. The maximum absolute atomic E-state index is 5.40. The Morgan fingerprint density at radius 3 is 1.80 bits per heavy atom. The summed E-state index contributed by atoms with van der Waals surface area (Å²) in [6.45, 7) is 1.35. The molecule has 0 unspecified atom stereocenters. The maximum Gasteiger partial charge on any atom is 0.0854 e. The summed E-state index contributed by atoms with van der Waals surface area (Å²) in [6, 6.07) is 0. The zero-order valence-corrected chi connectivity index (χ0v) is 9.45. The van der Waals surface area contributed by atoms with Gasteiger partial charge in [0, 0.05) is 0 Å². The zero-order chi connectivity index (χ0) is 11.2. The number of nitrogens with two attached hydrogens (primary N) is 2. The normalized spacial score (nSPS) is 10.8. The molecular weight excluding hydrogens is 196 g/mol. The molecule has 0 spiro atoms. The Labute approximate surface area is 91.9 Å². The van der Waals surface area contributed by atoms with Crippen LogP contribution in [0.3, 0.4) is 0 Å². The van der Waals surface area contributed by atoms with Crippen LogP contribution >= 0.6 is 0 Å². The van der Waals surface area contributed by atoms with Crippen molar-refractivity contribution in [3.63, 3.8) is 0 Å². The first-order valence-corrected chi connectivity index (χ1v) is 5.77. The van der Waals surface area contributed by atoms with E-state index in [4.69, 9.17) is 5.73 Å². The average molecular weight is 220 g/mol. The second-order valence-electron chi connectivity index (χ2n) is 3.60. The van der Waals surface area contributed by atoms with Gasteiger partial charge in [0.25, 0.3) is 0 Å². The molecule has 0 aromatic rings. The first kappa shape index (κ1) is 14.8. The van der Waals surface area contributed by atoms with Crippen molar-refractivity contribution in [2.75, 3.05) is 13.2 Å². The fourth-order valence-corrected chi connectivity index (χ4v) is 1.43. The van der Waals surface area contributed by atoms with Gasteiger partial charge in [-0.15, -0.1) is 4.99 Å². The number of hydrogen-bond donors (Lipinski definition) is 2. The van der Waals surface area contributed by atoms with Gasteiger partial charge in [0.15, 0.2) is 0 Å². The van der Waals surface area contributed by atoms with Gasteiger partial charge in [0.1, 0.15) is 0 Å². The van der Waals surface area contributed by atoms with E-state index in [9.17, 15) is 0 Å². The van der Waals surface area contributed by atoms with Crippen LogP contribution < -0.4 is 11.6 Å². The van der Waals surface area contributed by atoms with Crippen molar-refractivity contribution in [2.45, 2.75) is 51.4 Å². The molecular formula is C10H24N2O3. The van der Waals surface area contributed by atoms with Gasteiger partial charge in [0.05, 0.1) is 6.61 Å². The Kier molecular flexibility index (Phi) is 13.6. The monoisotopic (exact) mass is 220 g/mol. The molecule has 0 aromatic carbocycles. The van der Waals surface area contributed by atoms with Gasteiger partial charge in [-0.1, -0.05) is 38.5 Å². The molecule has 0 radical (unpaired) electrons. The predicted octanol–water partition coefficient (Wildman–Crippen LogP) is 1.82. The maximum atomic E-state index is 5.40. The highest BCUT2D eigenvalue weighted by atomic mass is 17.5. The van der Waals surface area contributed by atoms with Crippen LogP contribution in [-0.4, -0.2) is 13.2 Å². The fourth-order valence-electron chi connectivity index (χ4n) is 1.43. The Morgan fingerprint density at radius 2 is 1.27 bits per heavy atom. The topological polar surface area (TPSA) is 79.7 Å². The lowest BCUT2D eigenvalue weighted by Gasteiger charge is -2.01. The smallest absolute Gasteiger partial charge is 0.0854 e. The van der Waals surface area contributed by atoms with Crippen LogP contribution in [0.1, 0.15) is 51.4 Å². The van der Waals surface area contributed by atoms with E-state index in [-0.39, 0.29) is 0 Å². The van der Waals surface area contributed by atoms with Crippen LogP contribution in [0.2, 0.25) is 0 Å². The molecule has 0 aromatic heterocycles. The molecule has 0 heterocycles. The summed E-state index contributed by atoms with van der Waals surface area (Å²) in [5.74, 6) is 4.59.